The van der Waals surface area contributed by atoms with Crippen LogP contribution in [0.15, 0.2) is 61.2 Å². The summed E-state index contributed by atoms with van der Waals surface area (Å²) in [6.45, 7) is 6.27. The number of aromatic nitrogens is 2. The van der Waals surface area contributed by atoms with Gasteiger partial charge in [-0.15, -0.1) is 0 Å². The molecule has 0 saturated carbocycles. The first-order valence-corrected chi connectivity index (χ1v) is 13.9. The van der Waals surface area contributed by atoms with Crippen LogP contribution in [0.25, 0.3) is 5.52 Å². The number of imidazole rings is 1. The molecule has 2 aromatic heterocycles. The number of rotatable bonds is 6. The van der Waals surface area contributed by atoms with Crippen LogP contribution in [0.4, 0.5) is 0 Å². The van der Waals surface area contributed by atoms with Gasteiger partial charge in [-0.2, -0.15) is 0 Å². The minimum Gasteiger partial charge on any atom is -0.350 e. The van der Waals surface area contributed by atoms with Gasteiger partial charge < -0.3 is 14.6 Å². The first-order chi connectivity index (χ1) is 16.9. The van der Waals surface area contributed by atoms with E-state index in [-0.39, 0.29) is 11.8 Å². The van der Waals surface area contributed by atoms with Gasteiger partial charge >= 0.3 is 0 Å². The van der Waals surface area contributed by atoms with Crippen molar-refractivity contribution < 1.29 is 18.0 Å². The van der Waals surface area contributed by atoms with E-state index in [0.29, 0.717) is 25.1 Å². The van der Waals surface area contributed by atoms with E-state index in [0.717, 1.165) is 17.3 Å². The number of amides is 2. The van der Waals surface area contributed by atoms with Crippen molar-refractivity contribution in [1.82, 2.24) is 24.3 Å². The molecular weight excluding hydrogens is 478 g/mol. The second-order valence-corrected chi connectivity index (χ2v) is 12.2. The third kappa shape index (κ3) is 5.76. The number of nitrogens with zero attached hydrogens (tertiary/aromatic N) is 3. The molecule has 0 unspecified atom stereocenters. The topological polar surface area (TPSA) is 113 Å². The van der Waals surface area contributed by atoms with Crippen LogP contribution in [0.5, 0.6) is 0 Å². The van der Waals surface area contributed by atoms with Crippen LogP contribution in [0, 0.1) is 5.41 Å². The van der Waals surface area contributed by atoms with Crippen molar-refractivity contribution in [3.05, 3.63) is 72.3 Å². The summed E-state index contributed by atoms with van der Waals surface area (Å²) in [6.07, 6.45) is 6.85. The summed E-state index contributed by atoms with van der Waals surface area (Å²) in [5, 5.41) is 3.09. The van der Waals surface area contributed by atoms with Crippen LogP contribution in [0.3, 0.4) is 0 Å². The SMILES string of the molecule is CC(C)(C)[C@H](NS(C)(=O)=O)C(=O)N[C@@H]1CN(C(=O)c2cccn3cncc23)CC[C@H]1c1ccccc1. The average molecular weight is 512 g/mol. The van der Waals surface area contributed by atoms with Gasteiger partial charge in [0.1, 0.15) is 6.04 Å². The van der Waals surface area contributed by atoms with E-state index in [1.54, 1.807) is 27.9 Å². The number of sulfonamides is 1. The minimum absolute atomic E-state index is 0.0242. The maximum Gasteiger partial charge on any atom is 0.256 e. The van der Waals surface area contributed by atoms with Gasteiger partial charge in [-0.05, 0) is 29.5 Å². The van der Waals surface area contributed by atoms with Crippen molar-refractivity contribution in [3.63, 3.8) is 0 Å². The van der Waals surface area contributed by atoms with Crippen LogP contribution in [-0.4, -0.2) is 65.9 Å². The Morgan fingerprint density at radius 2 is 1.83 bits per heavy atom. The molecule has 0 aliphatic carbocycles. The van der Waals surface area contributed by atoms with Crippen molar-refractivity contribution in [3.8, 4) is 0 Å². The molecule has 9 nitrogen and oxygen atoms in total. The Morgan fingerprint density at radius 1 is 1.11 bits per heavy atom. The fourth-order valence-electron chi connectivity index (χ4n) is 4.79. The fourth-order valence-corrected chi connectivity index (χ4v) is 5.68. The molecule has 1 aromatic carbocycles. The standard InChI is InChI=1S/C26H33N5O4S/c1-26(2,3)23(29-36(4,34)35)24(32)28-21-16-30(14-12-19(21)18-9-6-5-7-10-18)25(33)20-11-8-13-31-17-27-15-22(20)31/h5-11,13,15,17,19,21,23,29H,12,14,16H2,1-4H3,(H,28,32)/t19-,21+,23+/m0/s1. The van der Waals surface area contributed by atoms with Crippen molar-refractivity contribution in [2.24, 2.45) is 5.41 Å². The number of nitrogens with one attached hydrogen (secondary N) is 2. The molecule has 3 heterocycles. The monoisotopic (exact) mass is 511 g/mol. The normalized spacial score (nSPS) is 19.7. The zero-order valence-corrected chi connectivity index (χ0v) is 21.8. The lowest BCUT2D eigenvalue weighted by molar-refractivity contribution is -0.126. The van der Waals surface area contributed by atoms with Gasteiger partial charge in [0.15, 0.2) is 0 Å². The van der Waals surface area contributed by atoms with Gasteiger partial charge in [0, 0.05) is 25.2 Å². The van der Waals surface area contributed by atoms with E-state index >= 15 is 0 Å². The Bertz CT molecular complexity index is 1350. The largest absolute Gasteiger partial charge is 0.350 e. The molecule has 1 aliphatic heterocycles. The fraction of sp³-hybridized carbons (Fsp3) is 0.423. The van der Waals surface area contributed by atoms with Gasteiger partial charge in [-0.25, -0.2) is 18.1 Å². The van der Waals surface area contributed by atoms with Gasteiger partial charge in [0.05, 0.1) is 35.9 Å². The molecule has 1 aliphatic rings. The van der Waals surface area contributed by atoms with E-state index in [2.05, 4.69) is 15.0 Å². The molecule has 0 spiro atoms. The lowest BCUT2D eigenvalue weighted by atomic mass is 9.83. The van der Waals surface area contributed by atoms with E-state index < -0.39 is 33.4 Å². The average Bonchev–Trinajstić information content (AvgIpc) is 3.30. The third-order valence-electron chi connectivity index (χ3n) is 6.60. The number of likely N-dealkylation sites (tertiary alicyclic amines) is 1. The quantitative estimate of drug-likeness (QED) is 0.528. The zero-order valence-electron chi connectivity index (χ0n) is 21.0. The molecule has 3 aromatic rings. The molecule has 3 atom stereocenters. The Balaban J connectivity index is 1.62. The lowest BCUT2D eigenvalue weighted by Gasteiger charge is -2.40. The molecule has 192 valence electrons. The molecular formula is C26H33N5O4S. The van der Waals surface area contributed by atoms with E-state index in [1.165, 1.54) is 0 Å². The van der Waals surface area contributed by atoms with Gasteiger partial charge in [0.25, 0.3) is 5.91 Å². The highest BCUT2D eigenvalue weighted by Crippen LogP contribution is 2.30. The Kier molecular flexibility index (Phi) is 7.19. The van der Waals surface area contributed by atoms with Gasteiger partial charge in [0.2, 0.25) is 15.9 Å². The van der Waals surface area contributed by atoms with Crippen molar-refractivity contribution >= 4 is 27.4 Å². The van der Waals surface area contributed by atoms with Crippen LogP contribution in [0.1, 0.15) is 49.0 Å². The second kappa shape index (κ2) is 10.0. The summed E-state index contributed by atoms with van der Waals surface area (Å²) in [6, 6.07) is 12.1. The summed E-state index contributed by atoms with van der Waals surface area (Å²) in [5.74, 6) is -0.566. The Hall–Kier alpha value is -3.24. The van der Waals surface area contributed by atoms with Crippen LogP contribution < -0.4 is 10.0 Å². The number of carbonyl (C=O) groups excluding carboxylic acids is 2. The number of carbonyl (C=O) groups is 2. The smallest absolute Gasteiger partial charge is 0.256 e. The molecule has 4 rings (SSSR count). The van der Waals surface area contributed by atoms with Crippen molar-refractivity contribution in [2.75, 3.05) is 19.3 Å². The van der Waals surface area contributed by atoms with Crippen molar-refractivity contribution in [1.29, 1.82) is 0 Å². The number of benzene rings is 1. The summed E-state index contributed by atoms with van der Waals surface area (Å²) < 4.78 is 28.3. The Labute approximate surface area is 212 Å². The third-order valence-corrected chi connectivity index (χ3v) is 7.26. The molecule has 2 N–H and O–H groups in total. The predicted molar refractivity (Wildman–Crippen MR) is 138 cm³/mol. The number of pyridine rings is 1. The Morgan fingerprint density at radius 3 is 2.50 bits per heavy atom. The first-order valence-electron chi connectivity index (χ1n) is 12.0. The van der Waals surface area contributed by atoms with E-state index in [1.807, 2.05) is 63.4 Å². The predicted octanol–water partition coefficient (Wildman–Crippen LogP) is 2.41. The summed E-state index contributed by atoms with van der Waals surface area (Å²) in [7, 11) is -3.62. The first kappa shape index (κ1) is 25.8. The van der Waals surface area contributed by atoms with Crippen LogP contribution >= 0.6 is 0 Å². The van der Waals surface area contributed by atoms with Gasteiger partial charge in [-0.3, -0.25) is 9.59 Å². The number of fused-ring (bicyclic) bond motifs is 1. The molecule has 0 bridgehead atoms. The number of piperidine rings is 1. The highest BCUT2D eigenvalue weighted by Gasteiger charge is 2.39. The maximum atomic E-state index is 13.5. The summed E-state index contributed by atoms with van der Waals surface area (Å²) in [4.78, 5) is 32.9. The summed E-state index contributed by atoms with van der Waals surface area (Å²) >= 11 is 0. The number of hydrogen-bond donors (Lipinski definition) is 2. The van der Waals surface area contributed by atoms with E-state index in [4.69, 9.17) is 0 Å². The molecule has 2 amide bonds. The number of hydrogen-bond acceptors (Lipinski definition) is 5. The van der Waals surface area contributed by atoms with Crippen LogP contribution in [-0.2, 0) is 14.8 Å². The zero-order chi connectivity index (χ0) is 26.1. The van der Waals surface area contributed by atoms with Crippen molar-refractivity contribution in [2.45, 2.75) is 45.2 Å². The molecule has 10 heteroatoms. The second-order valence-electron chi connectivity index (χ2n) is 10.5. The highest BCUT2D eigenvalue weighted by atomic mass is 32.2. The maximum absolute atomic E-state index is 13.5. The lowest BCUT2D eigenvalue weighted by Crippen LogP contribution is -2.59. The van der Waals surface area contributed by atoms with E-state index in [9.17, 15) is 18.0 Å². The molecule has 1 saturated heterocycles. The highest BCUT2D eigenvalue weighted by molar-refractivity contribution is 7.88. The summed E-state index contributed by atoms with van der Waals surface area (Å²) in [5.41, 5.74) is 1.68. The molecule has 36 heavy (non-hydrogen) atoms. The van der Waals surface area contributed by atoms with Gasteiger partial charge in [-0.1, -0.05) is 51.1 Å². The molecule has 1 fully saturated rings. The van der Waals surface area contributed by atoms with Crippen LogP contribution in [0.2, 0.25) is 0 Å². The minimum atomic E-state index is -3.62. The molecule has 0 radical (unpaired) electrons.